The molecule has 2 amide bonds. The van der Waals surface area contributed by atoms with Crippen molar-refractivity contribution in [2.45, 2.75) is 38.5 Å². The lowest BCUT2D eigenvalue weighted by Gasteiger charge is -2.27. The van der Waals surface area contributed by atoms with Crippen LogP contribution in [0.5, 0.6) is 0 Å². The topological polar surface area (TPSA) is 79.9 Å². The Balaban J connectivity index is 1.50. The molecule has 142 valence electrons. The molecule has 0 bridgehead atoms. The minimum Gasteiger partial charge on any atom is -0.372 e. The van der Waals surface area contributed by atoms with Crippen molar-refractivity contribution < 1.29 is 14.5 Å². The number of anilines is 2. The number of primary amides is 1. The second kappa shape index (κ2) is 9.03. The van der Waals surface area contributed by atoms with Crippen LogP contribution in [0.3, 0.4) is 0 Å². The average molecular weight is 359 g/mol. The molecule has 2 heterocycles. The Bertz CT molecular complexity index is 609. The average Bonchev–Trinajstić information content (AvgIpc) is 2.92. The van der Waals surface area contributed by atoms with Crippen molar-refractivity contribution in [3.63, 3.8) is 0 Å². The molecule has 2 saturated heterocycles. The molecule has 0 saturated carbocycles. The number of piperidine rings is 1. The summed E-state index contributed by atoms with van der Waals surface area (Å²) in [5.74, 6) is -0.348. The van der Waals surface area contributed by atoms with E-state index in [0.717, 1.165) is 43.1 Å². The van der Waals surface area contributed by atoms with Crippen molar-refractivity contribution in [2.24, 2.45) is 11.7 Å². The molecule has 1 aromatic rings. The minimum atomic E-state index is -0.244. The number of quaternary nitrogens is 1. The van der Waals surface area contributed by atoms with E-state index in [2.05, 4.69) is 22.3 Å². The molecule has 1 aromatic carbocycles. The zero-order valence-electron chi connectivity index (χ0n) is 15.5. The van der Waals surface area contributed by atoms with Crippen LogP contribution in [0, 0.1) is 5.92 Å². The van der Waals surface area contributed by atoms with Gasteiger partial charge in [-0.1, -0.05) is 12.8 Å². The van der Waals surface area contributed by atoms with Crippen molar-refractivity contribution in [2.75, 3.05) is 42.9 Å². The van der Waals surface area contributed by atoms with E-state index in [9.17, 15) is 9.59 Å². The normalized spacial score (nSPS) is 23.9. The van der Waals surface area contributed by atoms with Crippen LogP contribution in [0.15, 0.2) is 24.3 Å². The highest BCUT2D eigenvalue weighted by molar-refractivity contribution is 5.91. The van der Waals surface area contributed by atoms with Gasteiger partial charge in [-0.15, -0.1) is 0 Å². The summed E-state index contributed by atoms with van der Waals surface area (Å²) in [6, 6.07) is 8.15. The van der Waals surface area contributed by atoms with Gasteiger partial charge in [0.15, 0.2) is 6.54 Å². The maximum Gasteiger partial charge on any atom is 0.279 e. The standard InChI is InChI=1S/C20H30N4O2/c21-20(26)16-6-5-11-23(14-16)15-19(25)22-17-7-9-18(10-8-17)24-12-3-1-2-4-13-24/h7-10,16H,1-6,11-15H2,(H2,21,26)(H,22,25)/p+1/t16-/m1/s1. The quantitative estimate of drug-likeness (QED) is 0.727. The van der Waals surface area contributed by atoms with Gasteiger partial charge >= 0.3 is 0 Å². The fourth-order valence-corrected chi connectivity index (χ4v) is 4.07. The first kappa shape index (κ1) is 18.7. The van der Waals surface area contributed by atoms with Crippen molar-refractivity contribution in [1.29, 1.82) is 0 Å². The predicted molar refractivity (Wildman–Crippen MR) is 103 cm³/mol. The largest absolute Gasteiger partial charge is 0.372 e. The van der Waals surface area contributed by atoms with E-state index in [1.165, 1.54) is 31.4 Å². The molecule has 2 aliphatic rings. The third kappa shape index (κ3) is 5.21. The molecular weight excluding hydrogens is 328 g/mol. The molecule has 6 nitrogen and oxygen atoms in total. The fourth-order valence-electron chi connectivity index (χ4n) is 4.07. The molecule has 2 aliphatic heterocycles. The van der Waals surface area contributed by atoms with Gasteiger partial charge in [0.2, 0.25) is 5.91 Å². The fraction of sp³-hybridized carbons (Fsp3) is 0.600. The van der Waals surface area contributed by atoms with Gasteiger partial charge in [0.05, 0.1) is 19.0 Å². The number of likely N-dealkylation sites (tertiary alicyclic amines) is 1. The number of nitrogens with two attached hydrogens (primary N) is 1. The lowest BCUT2D eigenvalue weighted by molar-refractivity contribution is -0.899. The van der Waals surface area contributed by atoms with Crippen LogP contribution in [0.1, 0.15) is 38.5 Å². The Morgan fingerprint density at radius 2 is 1.77 bits per heavy atom. The summed E-state index contributed by atoms with van der Waals surface area (Å²) in [6.07, 6.45) is 6.94. The predicted octanol–water partition coefficient (Wildman–Crippen LogP) is 0.786. The van der Waals surface area contributed by atoms with Crippen LogP contribution in [-0.2, 0) is 9.59 Å². The van der Waals surface area contributed by atoms with Crippen LogP contribution in [0.4, 0.5) is 11.4 Å². The molecule has 0 spiro atoms. The van der Waals surface area contributed by atoms with Gasteiger partial charge in [-0.25, -0.2) is 0 Å². The van der Waals surface area contributed by atoms with E-state index in [1.54, 1.807) is 0 Å². The number of hydrogen-bond acceptors (Lipinski definition) is 3. The maximum atomic E-state index is 12.3. The first-order valence-corrected chi connectivity index (χ1v) is 9.89. The highest BCUT2D eigenvalue weighted by atomic mass is 16.2. The number of nitrogens with one attached hydrogen (secondary N) is 2. The van der Waals surface area contributed by atoms with Crippen molar-refractivity contribution in [1.82, 2.24) is 0 Å². The van der Waals surface area contributed by atoms with Crippen LogP contribution in [-0.4, -0.2) is 44.5 Å². The third-order valence-corrected chi connectivity index (χ3v) is 5.55. The molecule has 6 heteroatoms. The number of rotatable bonds is 5. The van der Waals surface area contributed by atoms with Crippen LogP contribution < -0.4 is 20.9 Å². The number of amides is 2. The van der Waals surface area contributed by atoms with E-state index < -0.39 is 0 Å². The van der Waals surface area contributed by atoms with E-state index in [1.807, 2.05) is 12.1 Å². The highest BCUT2D eigenvalue weighted by Crippen LogP contribution is 2.21. The monoisotopic (exact) mass is 359 g/mol. The highest BCUT2D eigenvalue weighted by Gasteiger charge is 2.28. The Morgan fingerprint density at radius 3 is 2.42 bits per heavy atom. The Labute approximate surface area is 155 Å². The summed E-state index contributed by atoms with van der Waals surface area (Å²) in [5.41, 5.74) is 7.47. The smallest absolute Gasteiger partial charge is 0.279 e. The number of carbonyl (C=O) groups excluding carboxylic acids is 2. The zero-order chi connectivity index (χ0) is 18.4. The molecule has 3 rings (SSSR count). The number of carbonyl (C=O) groups is 2. The first-order chi connectivity index (χ1) is 12.6. The molecule has 0 aliphatic carbocycles. The second-order valence-corrected chi connectivity index (χ2v) is 7.62. The summed E-state index contributed by atoms with van der Waals surface area (Å²) in [7, 11) is 0. The molecule has 1 unspecified atom stereocenters. The number of hydrogen-bond donors (Lipinski definition) is 3. The summed E-state index contributed by atoms with van der Waals surface area (Å²) < 4.78 is 0. The van der Waals surface area contributed by atoms with Crippen LogP contribution in [0.25, 0.3) is 0 Å². The van der Waals surface area contributed by atoms with Crippen molar-refractivity contribution >= 4 is 23.2 Å². The van der Waals surface area contributed by atoms with Gasteiger partial charge in [0.25, 0.3) is 5.91 Å². The van der Waals surface area contributed by atoms with Gasteiger partial charge in [0.1, 0.15) is 0 Å². The lowest BCUT2D eigenvalue weighted by Crippen LogP contribution is -3.14. The van der Waals surface area contributed by atoms with Gasteiger partial charge in [-0.3, -0.25) is 9.59 Å². The SMILES string of the molecule is NC(=O)[C@@H]1CCC[NH+](CC(=O)Nc2ccc(N3CCCCCC3)cc2)C1. The number of nitrogens with zero attached hydrogens (tertiary/aromatic N) is 1. The van der Waals surface area contributed by atoms with Crippen molar-refractivity contribution in [3.8, 4) is 0 Å². The summed E-state index contributed by atoms with van der Waals surface area (Å²) in [6.45, 7) is 4.20. The molecule has 0 aromatic heterocycles. The van der Waals surface area contributed by atoms with Crippen molar-refractivity contribution in [3.05, 3.63) is 24.3 Å². The van der Waals surface area contributed by atoms with Gasteiger partial charge in [-0.05, 0) is 49.9 Å². The summed E-state index contributed by atoms with van der Waals surface area (Å²) >= 11 is 0. The second-order valence-electron chi connectivity index (χ2n) is 7.62. The first-order valence-electron chi connectivity index (χ1n) is 9.89. The molecule has 26 heavy (non-hydrogen) atoms. The van der Waals surface area contributed by atoms with Gasteiger partial charge < -0.3 is 20.9 Å². The zero-order valence-corrected chi connectivity index (χ0v) is 15.5. The van der Waals surface area contributed by atoms with E-state index >= 15 is 0 Å². The number of benzene rings is 1. The van der Waals surface area contributed by atoms with Crippen LogP contribution >= 0.6 is 0 Å². The van der Waals surface area contributed by atoms with E-state index in [4.69, 9.17) is 5.73 Å². The summed E-state index contributed by atoms with van der Waals surface area (Å²) in [5, 5.41) is 2.98. The Hall–Kier alpha value is -2.08. The Morgan fingerprint density at radius 1 is 1.08 bits per heavy atom. The lowest BCUT2D eigenvalue weighted by atomic mass is 9.97. The molecule has 2 fully saturated rings. The van der Waals surface area contributed by atoms with Gasteiger partial charge in [-0.2, -0.15) is 0 Å². The molecule has 2 atom stereocenters. The molecule has 4 N–H and O–H groups in total. The van der Waals surface area contributed by atoms with Crippen LogP contribution in [0.2, 0.25) is 0 Å². The minimum absolute atomic E-state index is 0.00681. The molecular formula is C20H31N4O2+. The van der Waals surface area contributed by atoms with E-state index in [-0.39, 0.29) is 17.7 Å². The molecule has 0 radical (unpaired) electrons. The summed E-state index contributed by atoms with van der Waals surface area (Å²) in [4.78, 5) is 27.3. The Kier molecular flexibility index (Phi) is 6.50. The third-order valence-electron chi connectivity index (χ3n) is 5.55. The maximum absolute atomic E-state index is 12.3. The van der Waals surface area contributed by atoms with E-state index in [0.29, 0.717) is 13.1 Å². The van der Waals surface area contributed by atoms with Gasteiger partial charge in [0, 0.05) is 24.5 Å².